The van der Waals surface area contributed by atoms with E-state index in [0.29, 0.717) is 28.8 Å². The highest BCUT2D eigenvalue weighted by molar-refractivity contribution is 6.30. The molecule has 0 aliphatic carbocycles. The Bertz CT molecular complexity index is 822. The van der Waals surface area contributed by atoms with Gasteiger partial charge in [-0.15, -0.1) is 0 Å². The highest BCUT2D eigenvalue weighted by Crippen LogP contribution is 2.38. The number of rotatable bonds is 6. The number of carbonyl (C=O) groups is 1. The number of halogens is 1. The van der Waals surface area contributed by atoms with Gasteiger partial charge in [0.2, 0.25) is 0 Å². The third kappa shape index (κ3) is 4.22. The summed E-state index contributed by atoms with van der Waals surface area (Å²) in [4.78, 5) is 12.3. The van der Waals surface area contributed by atoms with Crippen molar-refractivity contribution in [3.05, 3.63) is 46.5 Å². The molecule has 1 aliphatic rings. The lowest BCUT2D eigenvalue weighted by Crippen LogP contribution is -2.21. The molecule has 0 spiro atoms. The van der Waals surface area contributed by atoms with Crippen LogP contribution < -0.4 is 19.5 Å². The first kappa shape index (κ1) is 18.4. The van der Waals surface area contributed by atoms with Crippen molar-refractivity contribution in [1.82, 2.24) is 0 Å². The summed E-state index contributed by atoms with van der Waals surface area (Å²) in [7, 11) is 0. The van der Waals surface area contributed by atoms with E-state index in [0.717, 1.165) is 23.3 Å². The third-order valence-electron chi connectivity index (χ3n) is 4.07. The van der Waals surface area contributed by atoms with Gasteiger partial charge < -0.3 is 19.5 Å². The van der Waals surface area contributed by atoms with Crippen LogP contribution in [0.1, 0.15) is 25.0 Å². The molecule has 0 aromatic heterocycles. The van der Waals surface area contributed by atoms with Gasteiger partial charge in [-0.3, -0.25) is 4.79 Å². The van der Waals surface area contributed by atoms with Crippen LogP contribution in [-0.2, 0) is 11.2 Å². The molecule has 0 saturated carbocycles. The van der Waals surface area contributed by atoms with Crippen molar-refractivity contribution in [2.45, 2.75) is 33.3 Å². The van der Waals surface area contributed by atoms with Crippen molar-refractivity contribution in [3.8, 4) is 17.2 Å². The maximum Gasteiger partial charge on any atom is 0.262 e. The van der Waals surface area contributed by atoms with Gasteiger partial charge in [-0.2, -0.15) is 0 Å². The predicted molar refractivity (Wildman–Crippen MR) is 102 cm³/mol. The van der Waals surface area contributed by atoms with Crippen molar-refractivity contribution in [3.63, 3.8) is 0 Å². The molecule has 5 nitrogen and oxygen atoms in total. The van der Waals surface area contributed by atoms with Gasteiger partial charge in [0, 0.05) is 23.1 Å². The van der Waals surface area contributed by atoms with Crippen molar-refractivity contribution >= 4 is 23.2 Å². The fourth-order valence-corrected chi connectivity index (χ4v) is 3.14. The van der Waals surface area contributed by atoms with Crippen LogP contribution in [-0.4, -0.2) is 25.2 Å². The summed E-state index contributed by atoms with van der Waals surface area (Å²) < 4.78 is 17.0. The van der Waals surface area contributed by atoms with Gasteiger partial charge in [0.05, 0.1) is 12.3 Å². The summed E-state index contributed by atoms with van der Waals surface area (Å²) in [6.07, 6.45) is 0.962. The van der Waals surface area contributed by atoms with Gasteiger partial charge in [0.15, 0.2) is 6.61 Å². The minimum absolute atomic E-state index is 0.109. The number of amides is 1. The summed E-state index contributed by atoms with van der Waals surface area (Å²) in [6, 6.07) is 9.02. The number of nitrogens with one attached hydrogen (secondary N) is 1. The standard InChI is InChI=1S/C20H22ClNO4/c1-4-24-19-9-14-8-13(3)26-18(14)10-16(19)22-20(23)11-25-17-6-5-15(21)7-12(17)2/h5-7,9-10,13H,4,8,11H2,1-3H3,(H,22,23)/t13-/m0/s1. The van der Waals surface area contributed by atoms with Crippen LogP contribution in [0.4, 0.5) is 5.69 Å². The maximum atomic E-state index is 12.3. The normalized spacial score (nSPS) is 15.2. The molecular weight excluding hydrogens is 354 g/mol. The minimum atomic E-state index is -0.272. The van der Waals surface area contributed by atoms with Crippen LogP contribution >= 0.6 is 11.6 Å². The fraction of sp³-hybridized carbons (Fsp3) is 0.350. The van der Waals surface area contributed by atoms with Gasteiger partial charge in [-0.25, -0.2) is 0 Å². The van der Waals surface area contributed by atoms with Crippen LogP contribution in [0.2, 0.25) is 5.02 Å². The van der Waals surface area contributed by atoms with Crippen molar-refractivity contribution in [2.24, 2.45) is 0 Å². The Kier molecular flexibility index (Phi) is 5.57. The van der Waals surface area contributed by atoms with E-state index in [4.69, 9.17) is 25.8 Å². The molecule has 0 radical (unpaired) electrons. The smallest absolute Gasteiger partial charge is 0.262 e. The van der Waals surface area contributed by atoms with Gasteiger partial charge in [0.25, 0.3) is 5.91 Å². The Morgan fingerprint density at radius 1 is 1.27 bits per heavy atom. The van der Waals surface area contributed by atoms with Gasteiger partial charge in [-0.05, 0) is 50.6 Å². The average Bonchev–Trinajstić information content (AvgIpc) is 2.93. The Morgan fingerprint density at radius 3 is 2.81 bits per heavy atom. The monoisotopic (exact) mass is 375 g/mol. The van der Waals surface area contributed by atoms with E-state index in [1.165, 1.54) is 0 Å². The molecule has 1 atom stereocenters. The summed E-state index contributed by atoms with van der Waals surface area (Å²) in [5.41, 5.74) is 2.55. The van der Waals surface area contributed by atoms with Crippen LogP contribution in [0, 0.1) is 6.92 Å². The average molecular weight is 376 g/mol. The first-order valence-electron chi connectivity index (χ1n) is 8.61. The first-order valence-corrected chi connectivity index (χ1v) is 8.99. The van der Waals surface area contributed by atoms with E-state index in [1.807, 2.05) is 32.9 Å². The molecule has 3 rings (SSSR count). The zero-order valence-electron chi connectivity index (χ0n) is 15.1. The molecule has 0 saturated heterocycles. The van der Waals surface area contributed by atoms with Crippen molar-refractivity contribution in [2.75, 3.05) is 18.5 Å². The molecule has 1 heterocycles. The van der Waals surface area contributed by atoms with E-state index >= 15 is 0 Å². The number of fused-ring (bicyclic) bond motifs is 1. The summed E-state index contributed by atoms with van der Waals surface area (Å²) >= 11 is 5.93. The van der Waals surface area contributed by atoms with Crippen LogP contribution in [0.25, 0.3) is 0 Å². The van der Waals surface area contributed by atoms with Crippen LogP contribution in [0.3, 0.4) is 0 Å². The van der Waals surface area contributed by atoms with Crippen molar-refractivity contribution < 1.29 is 19.0 Å². The highest BCUT2D eigenvalue weighted by atomic mass is 35.5. The van der Waals surface area contributed by atoms with Crippen LogP contribution in [0.5, 0.6) is 17.2 Å². The number of ether oxygens (including phenoxy) is 3. The quantitative estimate of drug-likeness (QED) is 0.813. The zero-order chi connectivity index (χ0) is 18.7. The number of aryl methyl sites for hydroxylation is 1. The Labute approximate surface area is 158 Å². The molecule has 26 heavy (non-hydrogen) atoms. The number of benzene rings is 2. The molecule has 138 valence electrons. The molecule has 1 aliphatic heterocycles. The first-order chi connectivity index (χ1) is 12.5. The van der Waals surface area contributed by atoms with Gasteiger partial charge in [-0.1, -0.05) is 11.6 Å². The number of hydrogen-bond donors (Lipinski definition) is 1. The molecule has 0 bridgehead atoms. The lowest BCUT2D eigenvalue weighted by Gasteiger charge is -2.14. The summed E-state index contributed by atoms with van der Waals surface area (Å²) in [6.45, 7) is 6.21. The molecule has 0 unspecified atom stereocenters. The zero-order valence-corrected chi connectivity index (χ0v) is 15.9. The molecule has 2 aromatic rings. The summed E-state index contributed by atoms with van der Waals surface area (Å²) in [5, 5.41) is 3.48. The lowest BCUT2D eigenvalue weighted by molar-refractivity contribution is -0.118. The fourth-order valence-electron chi connectivity index (χ4n) is 2.92. The SMILES string of the molecule is CCOc1cc2c(cc1NC(=O)COc1ccc(Cl)cc1C)O[C@@H](C)C2. The van der Waals surface area contributed by atoms with E-state index in [-0.39, 0.29) is 18.6 Å². The number of carbonyl (C=O) groups excluding carboxylic acids is 1. The number of hydrogen-bond acceptors (Lipinski definition) is 4. The lowest BCUT2D eigenvalue weighted by atomic mass is 10.1. The predicted octanol–water partition coefficient (Wildman–Crippen LogP) is 4.39. The maximum absolute atomic E-state index is 12.3. The second-order valence-electron chi connectivity index (χ2n) is 6.27. The van der Waals surface area contributed by atoms with Gasteiger partial charge in [0.1, 0.15) is 23.4 Å². The summed E-state index contributed by atoms with van der Waals surface area (Å²) in [5.74, 6) is 1.78. The van der Waals surface area contributed by atoms with E-state index in [2.05, 4.69) is 5.32 Å². The molecular formula is C20H22ClNO4. The van der Waals surface area contributed by atoms with E-state index in [1.54, 1.807) is 18.2 Å². The molecule has 6 heteroatoms. The number of anilines is 1. The molecule has 1 amide bonds. The molecule has 1 N–H and O–H groups in total. The highest BCUT2D eigenvalue weighted by Gasteiger charge is 2.22. The topological polar surface area (TPSA) is 56.8 Å². The van der Waals surface area contributed by atoms with E-state index < -0.39 is 0 Å². The Hall–Kier alpha value is -2.40. The molecule has 0 fully saturated rings. The van der Waals surface area contributed by atoms with Gasteiger partial charge >= 0.3 is 0 Å². The minimum Gasteiger partial charge on any atom is -0.492 e. The Balaban J connectivity index is 1.69. The van der Waals surface area contributed by atoms with Crippen LogP contribution in [0.15, 0.2) is 30.3 Å². The largest absolute Gasteiger partial charge is 0.492 e. The Morgan fingerprint density at radius 2 is 2.08 bits per heavy atom. The second-order valence-corrected chi connectivity index (χ2v) is 6.70. The van der Waals surface area contributed by atoms with Crippen molar-refractivity contribution in [1.29, 1.82) is 0 Å². The second kappa shape index (κ2) is 7.87. The van der Waals surface area contributed by atoms with E-state index in [9.17, 15) is 4.79 Å². The molecule has 2 aromatic carbocycles. The third-order valence-corrected chi connectivity index (χ3v) is 4.30.